The normalized spacial score (nSPS) is 47.9. The van der Waals surface area contributed by atoms with E-state index in [0.29, 0.717) is 17.6 Å². The highest BCUT2D eigenvalue weighted by Crippen LogP contribution is 2.61. The monoisotopic (exact) mass is 278 g/mol. The Bertz CT molecular complexity index is 316. The lowest BCUT2D eigenvalue weighted by Crippen LogP contribution is -2.57. The Hall–Kier alpha value is -0.120. The SMILES string of the molecule is NNC(CCC1CCCO1)C12CC3CC(CC(C3)C1)C2. The van der Waals surface area contributed by atoms with Crippen LogP contribution >= 0.6 is 0 Å². The second-order valence-corrected chi connectivity index (χ2v) is 8.21. The predicted molar refractivity (Wildman–Crippen MR) is 79.9 cm³/mol. The molecule has 1 heterocycles. The predicted octanol–water partition coefficient (Wildman–Crippen LogP) is 2.99. The van der Waals surface area contributed by atoms with Crippen molar-refractivity contribution < 1.29 is 4.74 Å². The van der Waals surface area contributed by atoms with Gasteiger partial charge in [-0.25, -0.2) is 0 Å². The van der Waals surface area contributed by atoms with Crippen molar-refractivity contribution in [3.05, 3.63) is 0 Å². The van der Waals surface area contributed by atoms with Crippen LogP contribution in [0.4, 0.5) is 0 Å². The van der Waals surface area contributed by atoms with E-state index in [-0.39, 0.29) is 0 Å². The molecule has 4 saturated carbocycles. The van der Waals surface area contributed by atoms with Gasteiger partial charge in [0, 0.05) is 12.6 Å². The summed E-state index contributed by atoms with van der Waals surface area (Å²) in [6.45, 7) is 0.975. The Morgan fingerprint density at radius 1 is 1.10 bits per heavy atom. The summed E-state index contributed by atoms with van der Waals surface area (Å²) in [6, 6.07) is 0.528. The van der Waals surface area contributed by atoms with E-state index in [4.69, 9.17) is 10.6 Å². The molecule has 1 aliphatic heterocycles. The Morgan fingerprint density at radius 3 is 2.25 bits per heavy atom. The number of hydrogen-bond acceptors (Lipinski definition) is 3. The number of ether oxygens (including phenoxy) is 1. The molecule has 0 aromatic carbocycles. The molecule has 114 valence electrons. The van der Waals surface area contributed by atoms with Gasteiger partial charge in [0.2, 0.25) is 0 Å². The lowest BCUT2D eigenvalue weighted by molar-refractivity contribution is -0.0771. The summed E-state index contributed by atoms with van der Waals surface area (Å²) in [5.41, 5.74) is 3.76. The van der Waals surface area contributed by atoms with Crippen LogP contribution in [0, 0.1) is 23.2 Å². The molecule has 3 N–H and O–H groups in total. The lowest BCUT2D eigenvalue weighted by atomic mass is 9.47. The fourth-order valence-electron chi connectivity index (χ4n) is 6.40. The molecular formula is C17H30N2O. The molecule has 0 spiro atoms. The quantitative estimate of drug-likeness (QED) is 0.600. The maximum Gasteiger partial charge on any atom is 0.0576 e. The summed E-state index contributed by atoms with van der Waals surface area (Å²) >= 11 is 0. The van der Waals surface area contributed by atoms with E-state index in [1.165, 1.54) is 64.2 Å². The Balaban J connectivity index is 1.43. The van der Waals surface area contributed by atoms with Gasteiger partial charge in [-0.1, -0.05) is 0 Å². The number of nitrogens with one attached hydrogen (secondary N) is 1. The molecule has 0 radical (unpaired) electrons. The van der Waals surface area contributed by atoms with Gasteiger partial charge in [0.25, 0.3) is 0 Å². The standard InChI is InChI=1S/C17H30N2O/c18-19-16(4-3-15-2-1-5-20-15)17-9-12-6-13(10-17)8-14(7-12)11-17/h12-16,19H,1-11,18H2. The Labute approximate surface area is 123 Å². The summed E-state index contributed by atoms with van der Waals surface area (Å²) < 4.78 is 5.80. The minimum atomic E-state index is 0.514. The fourth-order valence-corrected chi connectivity index (χ4v) is 6.40. The third-order valence-corrected chi connectivity index (χ3v) is 6.83. The van der Waals surface area contributed by atoms with Crippen LogP contribution in [-0.4, -0.2) is 18.8 Å². The van der Waals surface area contributed by atoms with Crippen molar-refractivity contribution in [3.63, 3.8) is 0 Å². The van der Waals surface area contributed by atoms with Crippen molar-refractivity contribution in [2.45, 2.75) is 76.4 Å². The van der Waals surface area contributed by atoms with Gasteiger partial charge in [0.05, 0.1) is 6.10 Å². The van der Waals surface area contributed by atoms with Gasteiger partial charge < -0.3 is 4.74 Å². The second kappa shape index (κ2) is 5.26. The summed E-state index contributed by atoms with van der Waals surface area (Å²) in [5, 5.41) is 0. The van der Waals surface area contributed by atoms with E-state index in [9.17, 15) is 0 Å². The minimum Gasteiger partial charge on any atom is -0.378 e. The largest absolute Gasteiger partial charge is 0.378 e. The van der Waals surface area contributed by atoms with Crippen LogP contribution in [0.1, 0.15) is 64.2 Å². The van der Waals surface area contributed by atoms with Crippen molar-refractivity contribution in [2.24, 2.45) is 29.0 Å². The van der Waals surface area contributed by atoms with Crippen LogP contribution in [-0.2, 0) is 4.74 Å². The summed E-state index contributed by atoms with van der Waals surface area (Å²) in [4.78, 5) is 0. The molecule has 1 saturated heterocycles. The molecule has 5 rings (SSSR count). The zero-order valence-corrected chi connectivity index (χ0v) is 12.7. The molecule has 2 atom stereocenters. The van der Waals surface area contributed by atoms with Crippen molar-refractivity contribution in [3.8, 4) is 0 Å². The molecular weight excluding hydrogens is 248 g/mol. The molecule has 4 aliphatic carbocycles. The van der Waals surface area contributed by atoms with Gasteiger partial charge in [0.1, 0.15) is 0 Å². The minimum absolute atomic E-state index is 0.514. The first-order valence-corrected chi connectivity index (χ1v) is 8.85. The van der Waals surface area contributed by atoms with E-state index in [1.807, 2.05) is 0 Å². The summed E-state index contributed by atoms with van der Waals surface area (Å²) in [6.07, 6.45) is 14.3. The van der Waals surface area contributed by atoms with Crippen LogP contribution in [0.5, 0.6) is 0 Å². The topological polar surface area (TPSA) is 47.3 Å². The molecule has 3 heteroatoms. The first kappa shape index (κ1) is 13.5. The van der Waals surface area contributed by atoms with E-state index >= 15 is 0 Å². The van der Waals surface area contributed by atoms with Gasteiger partial charge in [-0.2, -0.15) is 0 Å². The highest BCUT2D eigenvalue weighted by Gasteiger charge is 2.53. The van der Waals surface area contributed by atoms with Crippen molar-refractivity contribution >= 4 is 0 Å². The van der Waals surface area contributed by atoms with Crippen molar-refractivity contribution in [1.82, 2.24) is 5.43 Å². The Kier molecular flexibility index (Phi) is 3.56. The van der Waals surface area contributed by atoms with Crippen LogP contribution < -0.4 is 11.3 Å². The molecule has 3 nitrogen and oxygen atoms in total. The van der Waals surface area contributed by atoms with Gasteiger partial charge in [0.15, 0.2) is 0 Å². The molecule has 0 aromatic rings. The highest BCUT2D eigenvalue weighted by atomic mass is 16.5. The maximum atomic E-state index is 5.99. The molecule has 20 heavy (non-hydrogen) atoms. The maximum absolute atomic E-state index is 5.99. The average molecular weight is 278 g/mol. The van der Waals surface area contributed by atoms with Crippen LogP contribution in [0.3, 0.4) is 0 Å². The van der Waals surface area contributed by atoms with Gasteiger partial charge in [-0.05, 0) is 87.4 Å². The smallest absolute Gasteiger partial charge is 0.0576 e. The van der Waals surface area contributed by atoms with Crippen LogP contribution in [0.25, 0.3) is 0 Å². The fraction of sp³-hybridized carbons (Fsp3) is 1.00. The number of rotatable bonds is 5. The number of hydrazine groups is 1. The molecule has 4 bridgehead atoms. The third kappa shape index (κ3) is 2.32. The third-order valence-electron chi connectivity index (χ3n) is 6.83. The molecule has 0 amide bonds. The van der Waals surface area contributed by atoms with Gasteiger partial charge in [-0.3, -0.25) is 11.3 Å². The molecule has 5 fully saturated rings. The molecule has 0 aromatic heterocycles. The van der Waals surface area contributed by atoms with Crippen molar-refractivity contribution in [2.75, 3.05) is 6.61 Å². The zero-order chi connectivity index (χ0) is 13.6. The molecule has 2 unspecified atom stereocenters. The summed E-state index contributed by atoms with van der Waals surface area (Å²) in [5.74, 6) is 9.03. The average Bonchev–Trinajstić information content (AvgIpc) is 2.90. The second-order valence-electron chi connectivity index (χ2n) is 8.21. The van der Waals surface area contributed by atoms with Gasteiger partial charge in [-0.15, -0.1) is 0 Å². The lowest BCUT2D eigenvalue weighted by Gasteiger charge is -2.59. The highest BCUT2D eigenvalue weighted by molar-refractivity contribution is 5.05. The van der Waals surface area contributed by atoms with E-state index in [0.717, 1.165) is 24.4 Å². The van der Waals surface area contributed by atoms with E-state index < -0.39 is 0 Å². The van der Waals surface area contributed by atoms with Gasteiger partial charge >= 0.3 is 0 Å². The van der Waals surface area contributed by atoms with Crippen LogP contribution in [0.2, 0.25) is 0 Å². The first-order chi connectivity index (χ1) is 9.77. The van der Waals surface area contributed by atoms with E-state index in [1.54, 1.807) is 0 Å². The van der Waals surface area contributed by atoms with E-state index in [2.05, 4.69) is 5.43 Å². The zero-order valence-electron chi connectivity index (χ0n) is 12.7. The van der Waals surface area contributed by atoms with Crippen molar-refractivity contribution in [1.29, 1.82) is 0 Å². The molecule has 5 aliphatic rings. The first-order valence-electron chi connectivity index (χ1n) is 8.85. The summed E-state index contributed by atoms with van der Waals surface area (Å²) in [7, 11) is 0. The van der Waals surface area contributed by atoms with Crippen LogP contribution in [0.15, 0.2) is 0 Å². The number of nitrogens with two attached hydrogens (primary N) is 1. The number of hydrogen-bond donors (Lipinski definition) is 2. The Morgan fingerprint density at radius 2 is 1.75 bits per heavy atom.